The summed E-state index contributed by atoms with van der Waals surface area (Å²) in [4.78, 5) is 9.42. The first-order valence-electron chi connectivity index (χ1n) is 6.06. The molecule has 1 aromatic rings. The SMILES string of the molecule is CC(C)CN1CCN(Cc2cscn2)CC1. The third-order valence-electron chi connectivity index (χ3n) is 2.96. The predicted octanol–water partition coefficient (Wildman–Crippen LogP) is 1.92. The lowest BCUT2D eigenvalue weighted by Crippen LogP contribution is -2.46. The van der Waals surface area contributed by atoms with E-state index in [-0.39, 0.29) is 0 Å². The Labute approximate surface area is 102 Å². The van der Waals surface area contributed by atoms with Crippen LogP contribution in [0.2, 0.25) is 0 Å². The molecule has 0 unspecified atom stereocenters. The van der Waals surface area contributed by atoms with Crippen LogP contribution in [0.1, 0.15) is 19.5 Å². The summed E-state index contributed by atoms with van der Waals surface area (Å²) < 4.78 is 0. The third-order valence-corrected chi connectivity index (χ3v) is 3.59. The van der Waals surface area contributed by atoms with Gasteiger partial charge >= 0.3 is 0 Å². The van der Waals surface area contributed by atoms with E-state index in [9.17, 15) is 0 Å². The van der Waals surface area contributed by atoms with Crippen molar-refractivity contribution in [3.63, 3.8) is 0 Å². The summed E-state index contributed by atoms with van der Waals surface area (Å²) >= 11 is 1.69. The van der Waals surface area contributed by atoms with Gasteiger partial charge in [-0.1, -0.05) is 13.8 Å². The second kappa shape index (κ2) is 5.75. The molecule has 2 rings (SSSR count). The molecular weight excluding hydrogens is 218 g/mol. The lowest BCUT2D eigenvalue weighted by atomic mass is 10.2. The molecule has 0 amide bonds. The average Bonchev–Trinajstić information content (AvgIpc) is 2.73. The summed E-state index contributed by atoms with van der Waals surface area (Å²) in [5.74, 6) is 0.782. The molecule has 4 heteroatoms. The molecule has 0 N–H and O–H groups in total. The number of aromatic nitrogens is 1. The van der Waals surface area contributed by atoms with E-state index >= 15 is 0 Å². The van der Waals surface area contributed by atoms with Crippen LogP contribution in [-0.2, 0) is 6.54 Å². The number of piperazine rings is 1. The van der Waals surface area contributed by atoms with Crippen molar-refractivity contribution in [2.45, 2.75) is 20.4 Å². The van der Waals surface area contributed by atoms with Crippen LogP contribution < -0.4 is 0 Å². The van der Waals surface area contributed by atoms with E-state index in [0.29, 0.717) is 0 Å². The van der Waals surface area contributed by atoms with Gasteiger partial charge < -0.3 is 4.90 Å². The van der Waals surface area contributed by atoms with Gasteiger partial charge in [0.2, 0.25) is 0 Å². The first kappa shape index (κ1) is 12.0. The van der Waals surface area contributed by atoms with Gasteiger partial charge in [-0.3, -0.25) is 4.90 Å². The Kier molecular flexibility index (Phi) is 4.32. The molecule has 90 valence electrons. The van der Waals surface area contributed by atoms with Crippen molar-refractivity contribution >= 4 is 11.3 Å². The van der Waals surface area contributed by atoms with Crippen molar-refractivity contribution in [2.24, 2.45) is 5.92 Å². The molecule has 0 spiro atoms. The Bertz CT molecular complexity index is 289. The number of hydrogen-bond donors (Lipinski definition) is 0. The smallest absolute Gasteiger partial charge is 0.0795 e. The van der Waals surface area contributed by atoms with Crippen LogP contribution >= 0.6 is 11.3 Å². The molecular formula is C12H21N3S. The quantitative estimate of drug-likeness (QED) is 0.800. The fraction of sp³-hybridized carbons (Fsp3) is 0.750. The number of nitrogens with zero attached hydrogens (tertiary/aromatic N) is 3. The second-order valence-corrected chi connectivity index (χ2v) is 5.67. The summed E-state index contributed by atoms with van der Waals surface area (Å²) in [5.41, 5.74) is 3.15. The zero-order valence-corrected chi connectivity index (χ0v) is 11.0. The molecule has 1 fully saturated rings. The molecule has 0 bridgehead atoms. The van der Waals surface area contributed by atoms with Gasteiger partial charge in [0.15, 0.2) is 0 Å². The zero-order chi connectivity index (χ0) is 11.4. The van der Waals surface area contributed by atoms with Gasteiger partial charge in [0.05, 0.1) is 11.2 Å². The van der Waals surface area contributed by atoms with Gasteiger partial charge in [0, 0.05) is 44.6 Å². The fourth-order valence-corrected chi connectivity index (χ4v) is 2.74. The van der Waals surface area contributed by atoms with Crippen LogP contribution in [-0.4, -0.2) is 47.5 Å². The molecule has 0 aromatic carbocycles. The summed E-state index contributed by atoms with van der Waals surface area (Å²) in [5, 5.41) is 2.15. The first-order chi connectivity index (χ1) is 7.74. The van der Waals surface area contributed by atoms with Crippen LogP contribution in [0.5, 0.6) is 0 Å². The largest absolute Gasteiger partial charge is 0.301 e. The Morgan fingerprint density at radius 3 is 2.50 bits per heavy atom. The number of rotatable bonds is 4. The Balaban J connectivity index is 1.73. The van der Waals surface area contributed by atoms with Crippen LogP contribution in [0.3, 0.4) is 0 Å². The molecule has 16 heavy (non-hydrogen) atoms. The molecule has 1 aliphatic rings. The van der Waals surface area contributed by atoms with Crippen molar-refractivity contribution in [3.8, 4) is 0 Å². The van der Waals surface area contributed by atoms with Crippen LogP contribution in [0.25, 0.3) is 0 Å². The highest BCUT2D eigenvalue weighted by Gasteiger charge is 2.17. The Morgan fingerprint density at radius 2 is 1.94 bits per heavy atom. The minimum absolute atomic E-state index is 0.782. The van der Waals surface area contributed by atoms with Gasteiger partial charge in [-0.15, -0.1) is 11.3 Å². The van der Waals surface area contributed by atoms with Crippen LogP contribution in [0.15, 0.2) is 10.9 Å². The lowest BCUT2D eigenvalue weighted by molar-refractivity contribution is 0.116. The topological polar surface area (TPSA) is 19.4 Å². The average molecular weight is 239 g/mol. The Morgan fingerprint density at radius 1 is 1.25 bits per heavy atom. The molecule has 1 aliphatic heterocycles. The highest BCUT2D eigenvalue weighted by molar-refractivity contribution is 7.07. The summed E-state index contributed by atoms with van der Waals surface area (Å²) in [6.07, 6.45) is 0. The first-order valence-corrected chi connectivity index (χ1v) is 7.00. The van der Waals surface area contributed by atoms with E-state index in [1.54, 1.807) is 11.3 Å². The summed E-state index contributed by atoms with van der Waals surface area (Å²) in [6.45, 7) is 11.6. The molecule has 1 aromatic heterocycles. The standard InChI is InChI=1S/C12H21N3S/c1-11(2)7-14-3-5-15(6-4-14)8-12-9-16-10-13-12/h9-11H,3-8H2,1-2H3. The van der Waals surface area contributed by atoms with Crippen molar-refractivity contribution in [3.05, 3.63) is 16.6 Å². The minimum Gasteiger partial charge on any atom is -0.301 e. The number of hydrogen-bond acceptors (Lipinski definition) is 4. The minimum atomic E-state index is 0.782. The summed E-state index contributed by atoms with van der Waals surface area (Å²) in [7, 11) is 0. The molecule has 3 nitrogen and oxygen atoms in total. The monoisotopic (exact) mass is 239 g/mol. The maximum Gasteiger partial charge on any atom is 0.0795 e. The van der Waals surface area contributed by atoms with Gasteiger partial charge in [0.25, 0.3) is 0 Å². The molecule has 0 radical (unpaired) electrons. The van der Waals surface area contributed by atoms with E-state index < -0.39 is 0 Å². The highest BCUT2D eigenvalue weighted by atomic mass is 32.1. The van der Waals surface area contributed by atoms with Crippen molar-refractivity contribution in [1.29, 1.82) is 0 Å². The highest BCUT2D eigenvalue weighted by Crippen LogP contribution is 2.09. The van der Waals surface area contributed by atoms with E-state index in [2.05, 4.69) is 34.0 Å². The third kappa shape index (κ3) is 3.54. The van der Waals surface area contributed by atoms with Crippen LogP contribution in [0.4, 0.5) is 0 Å². The van der Waals surface area contributed by atoms with Crippen molar-refractivity contribution in [2.75, 3.05) is 32.7 Å². The summed E-state index contributed by atoms with van der Waals surface area (Å²) in [6, 6.07) is 0. The van der Waals surface area contributed by atoms with E-state index in [0.717, 1.165) is 12.5 Å². The predicted molar refractivity (Wildman–Crippen MR) is 68.7 cm³/mol. The number of thiazole rings is 1. The van der Waals surface area contributed by atoms with E-state index in [1.165, 1.54) is 38.4 Å². The molecule has 1 saturated heterocycles. The van der Waals surface area contributed by atoms with Crippen molar-refractivity contribution in [1.82, 2.24) is 14.8 Å². The molecule has 0 aliphatic carbocycles. The molecule has 0 saturated carbocycles. The normalized spacial score (nSPS) is 19.4. The maximum atomic E-state index is 4.34. The van der Waals surface area contributed by atoms with E-state index in [4.69, 9.17) is 0 Å². The second-order valence-electron chi connectivity index (χ2n) is 4.95. The van der Waals surface area contributed by atoms with Gasteiger partial charge in [-0.25, -0.2) is 4.98 Å². The van der Waals surface area contributed by atoms with Gasteiger partial charge in [-0.05, 0) is 5.92 Å². The van der Waals surface area contributed by atoms with Gasteiger partial charge in [-0.2, -0.15) is 0 Å². The van der Waals surface area contributed by atoms with Gasteiger partial charge in [0.1, 0.15) is 0 Å². The molecule has 2 heterocycles. The Hall–Kier alpha value is -0.450. The maximum absolute atomic E-state index is 4.34. The fourth-order valence-electron chi connectivity index (χ4n) is 2.19. The van der Waals surface area contributed by atoms with E-state index in [1.807, 2.05) is 5.51 Å². The zero-order valence-electron chi connectivity index (χ0n) is 10.2. The van der Waals surface area contributed by atoms with Crippen molar-refractivity contribution < 1.29 is 0 Å². The van der Waals surface area contributed by atoms with Crippen LogP contribution in [0, 0.1) is 5.92 Å². The molecule has 0 atom stereocenters. The lowest BCUT2D eigenvalue weighted by Gasteiger charge is -2.35.